The number of alkyl carbamates (subject to hydrolysis) is 1. The molecule has 0 aromatic heterocycles. The zero-order valence-corrected chi connectivity index (χ0v) is 32.9. The summed E-state index contributed by atoms with van der Waals surface area (Å²) in [6, 6.07) is 15.6. The average molecular weight is 776 g/mol. The zero-order valence-electron chi connectivity index (χ0n) is 32.1. The van der Waals surface area contributed by atoms with Gasteiger partial charge in [-0.3, -0.25) is 19.1 Å². The molecule has 4 aliphatic rings. The van der Waals surface area contributed by atoms with Crippen molar-refractivity contribution in [3.05, 3.63) is 72.8 Å². The number of carbonyl (C=O) groups is 4. The van der Waals surface area contributed by atoms with Crippen molar-refractivity contribution in [1.29, 1.82) is 0 Å². The molecule has 55 heavy (non-hydrogen) atoms. The Labute approximate surface area is 323 Å². The third-order valence-corrected chi connectivity index (χ3v) is 12.8. The first kappa shape index (κ1) is 40.0. The summed E-state index contributed by atoms with van der Waals surface area (Å²) in [5.41, 5.74) is 1.21. The molecule has 0 radical (unpaired) electrons. The van der Waals surface area contributed by atoms with E-state index in [0.717, 1.165) is 42.4 Å². The number of rotatable bonds is 14. The fraction of sp³-hybridized carbons (Fsp3) is 0.537. The Morgan fingerprint density at radius 2 is 1.67 bits per heavy atom. The minimum absolute atomic E-state index is 0.0264. The van der Waals surface area contributed by atoms with Crippen LogP contribution in [0.4, 0.5) is 4.79 Å². The van der Waals surface area contributed by atoms with Gasteiger partial charge in [0.25, 0.3) is 5.91 Å². The van der Waals surface area contributed by atoms with Gasteiger partial charge in [-0.25, -0.2) is 13.2 Å². The SMILES string of the molecule is C=C[C@@H]1C[C@@]1(NC(=O)[C@@H]1C[C@@H](O/N=C(\CC)c2ccccc2-c2ccccc2)CN1C(=O)[C@@H](NC(=O)OC1CCCC1)C(C)(C)C)C(=O)NS(=O)(=O)C1CC1. The van der Waals surface area contributed by atoms with Crippen LogP contribution in [0.2, 0.25) is 0 Å². The van der Waals surface area contributed by atoms with Gasteiger partial charge in [0, 0.05) is 17.9 Å². The summed E-state index contributed by atoms with van der Waals surface area (Å²) < 4.78 is 33.3. The van der Waals surface area contributed by atoms with E-state index in [-0.39, 0.29) is 25.5 Å². The van der Waals surface area contributed by atoms with Crippen LogP contribution in [0.1, 0.15) is 91.0 Å². The van der Waals surface area contributed by atoms with Crippen molar-refractivity contribution in [2.75, 3.05) is 6.54 Å². The van der Waals surface area contributed by atoms with Gasteiger partial charge < -0.3 is 25.1 Å². The molecule has 2 aromatic carbocycles. The van der Waals surface area contributed by atoms with Crippen molar-refractivity contribution in [2.24, 2.45) is 16.5 Å². The van der Waals surface area contributed by atoms with E-state index in [4.69, 9.17) is 9.57 Å². The van der Waals surface area contributed by atoms with Crippen LogP contribution < -0.4 is 15.4 Å². The highest BCUT2D eigenvalue weighted by Crippen LogP contribution is 2.45. The maximum absolute atomic E-state index is 14.6. The monoisotopic (exact) mass is 775 g/mol. The van der Waals surface area contributed by atoms with Crippen LogP contribution in [0.3, 0.4) is 0 Å². The van der Waals surface area contributed by atoms with E-state index in [1.54, 1.807) is 0 Å². The second-order valence-corrected chi connectivity index (χ2v) is 18.2. The van der Waals surface area contributed by atoms with Gasteiger partial charge in [-0.1, -0.05) is 93.5 Å². The Kier molecular flexibility index (Phi) is 11.7. The van der Waals surface area contributed by atoms with Gasteiger partial charge in [0.1, 0.15) is 29.8 Å². The Morgan fingerprint density at radius 3 is 2.29 bits per heavy atom. The van der Waals surface area contributed by atoms with E-state index in [2.05, 4.69) is 27.1 Å². The first-order chi connectivity index (χ1) is 26.2. The summed E-state index contributed by atoms with van der Waals surface area (Å²) in [6.07, 6.45) is 4.93. The van der Waals surface area contributed by atoms with Gasteiger partial charge in [0.15, 0.2) is 0 Å². The third-order valence-electron chi connectivity index (χ3n) is 11.0. The fourth-order valence-electron chi connectivity index (χ4n) is 7.56. The highest BCUT2D eigenvalue weighted by atomic mass is 32.2. The summed E-state index contributed by atoms with van der Waals surface area (Å²) in [5, 5.41) is 9.53. The van der Waals surface area contributed by atoms with Gasteiger partial charge in [-0.2, -0.15) is 0 Å². The van der Waals surface area contributed by atoms with E-state index in [1.807, 2.05) is 82.3 Å². The fourth-order valence-corrected chi connectivity index (χ4v) is 8.92. The number of likely N-dealkylation sites (tertiary alicyclic amines) is 1. The molecule has 14 heteroatoms. The first-order valence-electron chi connectivity index (χ1n) is 19.3. The molecule has 0 bridgehead atoms. The molecule has 4 amide bonds. The number of carbonyl (C=O) groups excluding carboxylic acids is 4. The maximum Gasteiger partial charge on any atom is 0.408 e. The first-order valence-corrected chi connectivity index (χ1v) is 20.9. The molecule has 0 unspecified atom stereocenters. The second kappa shape index (κ2) is 16.2. The van der Waals surface area contributed by atoms with Crippen molar-refractivity contribution in [1.82, 2.24) is 20.3 Å². The van der Waals surface area contributed by atoms with Crippen molar-refractivity contribution >= 4 is 39.5 Å². The number of ether oxygens (including phenoxy) is 1. The maximum atomic E-state index is 14.6. The highest BCUT2D eigenvalue weighted by molar-refractivity contribution is 7.91. The molecule has 13 nitrogen and oxygen atoms in total. The topological polar surface area (TPSA) is 173 Å². The van der Waals surface area contributed by atoms with E-state index in [1.165, 1.54) is 11.0 Å². The smallest absolute Gasteiger partial charge is 0.408 e. The Hall–Kier alpha value is -4.72. The number of benzene rings is 2. The minimum atomic E-state index is -3.90. The van der Waals surface area contributed by atoms with Gasteiger partial charge in [0.2, 0.25) is 21.8 Å². The van der Waals surface area contributed by atoms with Gasteiger partial charge in [0.05, 0.1) is 17.5 Å². The van der Waals surface area contributed by atoms with Crippen LogP contribution in [0.25, 0.3) is 11.1 Å². The number of hydrogen-bond donors (Lipinski definition) is 3. The second-order valence-electron chi connectivity index (χ2n) is 16.2. The summed E-state index contributed by atoms with van der Waals surface area (Å²) in [5.74, 6) is -2.53. The van der Waals surface area contributed by atoms with Crippen LogP contribution in [0.5, 0.6) is 0 Å². The van der Waals surface area contributed by atoms with Crippen LogP contribution in [0.15, 0.2) is 72.4 Å². The summed E-state index contributed by atoms with van der Waals surface area (Å²) in [4.78, 5) is 63.0. The quantitative estimate of drug-likeness (QED) is 0.133. The summed E-state index contributed by atoms with van der Waals surface area (Å²) in [6.45, 7) is 11.1. The normalized spacial score (nSPS) is 24.8. The third kappa shape index (κ3) is 9.06. The van der Waals surface area contributed by atoms with Crippen molar-refractivity contribution < 1.29 is 37.2 Å². The number of amides is 4. The Morgan fingerprint density at radius 1 is 1.00 bits per heavy atom. The van der Waals surface area contributed by atoms with Gasteiger partial charge >= 0.3 is 6.09 Å². The number of sulfonamides is 1. The molecule has 4 fully saturated rings. The molecule has 3 saturated carbocycles. The Balaban J connectivity index is 1.27. The molecule has 2 aromatic rings. The predicted molar refractivity (Wildman–Crippen MR) is 208 cm³/mol. The molecule has 3 aliphatic carbocycles. The van der Waals surface area contributed by atoms with E-state index in [9.17, 15) is 27.6 Å². The van der Waals surface area contributed by atoms with Crippen LogP contribution in [-0.4, -0.2) is 84.5 Å². The number of hydrogen-bond acceptors (Lipinski definition) is 9. The van der Waals surface area contributed by atoms with Crippen LogP contribution >= 0.6 is 0 Å². The van der Waals surface area contributed by atoms with Crippen LogP contribution in [-0.2, 0) is 34.0 Å². The molecule has 3 N–H and O–H groups in total. The average Bonchev–Trinajstić information content (AvgIpc) is 4.04. The van der Waals surface area contributed by atoms with E-state index < -0.39 is 74.1 Å². The number of nitrogens with zero attached hydrogens (tertiary/aromatic N) is 2. The standard InChI is InChI=1S/C41H53N5O8S/c1-6-27-24-41(27,38(49)45-55(51,52)30-21-22-30)43-36(47)34-23-29(54-44-33(7-2)32-20-14-13-19-31(32)26-15-9-8-10-16-26)25-46(34)37(48)35(40(3,4)5)42-39(50)53-28-17-11-12-18-28/h6,8-10,13-16,19-20,27-30,34-35H,1,7,11-12,17-18,21-25H2,2-5H3,(H,42,50)(H,43,47)(H,45,49)/b44-33+/t27-,29-,34+,35-,41+/m1/s1. The van der Waals surface area contributed by atoms with Crippen molar-refractivity contribution in [3.63, 3.8) is 0 Å². The molecular formula is C41H53N5O8S. The Bertz CT molecular complexity index is 1920. The molecule has 296 valence electrons. The molecule has 1 aliphatic heterocycles. The van der Waals surface area contributed by atoms with E-state index in [0.29, 0.717) is 25.0 Å². The summed E-state index contributed by atoms with van der Waals surface area (Å²) in [7, 11) is -3.90. The lowest BCUT2D eigenvalue weighted by atomic mass is 9.85. The molecular weight excluding hydrogens is 723 g/mol. The van der Waals surface area contributed by atoms with Gasteiger partial charge in [-0.05, 0) is 67.9 Å². The molecule has 1 saturated heterocycles. The molecule has 0 spiro atoms. The number of nitrogens with one attached hydrogen (secondary N) is 3. The zero-order chi connectivity index (χ0) is 39.5. The largest absolute Gasteiger partial charge is 0.446 e. The molecule has 1 heterocycles. The summed E-state index contributed by atoms with van der Waals surface area (Å²) >= 11 is 0. The number of oxime groups is 1. The lowest BCUT2D eigenvalue weighted by Crippen LogP contribution is -2.60. The van der Waals surface area contributed by atoms with Crippen molar-refractivity contribution in [2.45, 2.75) is 121 Å². The minimum Gasteiger partial charge on any atom is -0.446 e. The van der Waals surface area contributed by atoms with Crippen LogP contribution in [0, 0.1) is 11.3 Å². The lowest BCUT2D eigenvalue weighted by molar-refractivity contribution is -0.143. The predicted octanol–water partition coefficient (Wildman–Crippen LogP) is 5.21. The van der Waals surface area contributed by atoms with Crippen molar-refractivity contribution in [3.8, 4) is 11.1 Å². The molecule has 5 atom stereocenters. The van der Waals surface area contributed by atoms with E-state index >= 15 is 0 Å². The highest BCUT2D eigenvalue weighted by Gasteiger charge is 2.62. The van der Waals surface area contributed by atoms with Gasteiger partial charge in [-0.15, -0.1) is 6.58 Å². The molecule has 6 rings (SSSR count). The lowest BCUT2D eigenvalue weighted by Gasteiger charge is -2.35.